The fourth-order valence-electron chi connectivity index (χ4n) is 1.65. The Balaban J connectivity index is 1.84. The van der Waals surface area contributed by atoms with Crippen molar-refractivity contribution in [3.05, 3.63) is 52.2 Å². The third-order valence-electron chi connectivity index (χ3n) is 2.67. The molecule has 0 saturated heterocycles. The van der Waals surface area contributed by atoms with Crippen molar-refractivity contribution in [3.8, 4) is 5.75 Å². The van der Waals surface area contributed by atoms with Gasteiger partial charge >= 0.3 is 5.82 Å². The standard InChI is InChI=1S/C13H15N3O4/c1-10-2-4-12(5-3-10)20-9-11(17)8-15-7-6-13(14-15)16(18)19/h2-7,11,17H,8-9H2,1H3. The number of hydrogen-bond acceptors (Lipinski definition) is 5. The Kier molecular flexibility index (Phi) is 4.31. The second kappa shape index (κ2) is 6.16. The van der Waals surface area contributed by atoms with E-state index in [9.17, 15) is 15.2 Å². The zero-order valence-electron chi connectivity index (χ0n) is 11.0. The molecule has 0 aliphatic heterocycles. The quantitative estimate of drug-likeness (QED) is 0.639. The number of aryl methyl sites for hydroxylation is 1. The summed E-state index contributed by atoms with van der Waals surface area (Å²) in [5, 5.41) is 24.0. The first kappa shape index (κ1) is 14.0. The number of rotatable bonds is 6. The Labute approximate surface area is 115 Å². The van der Waals surface area contributed by atoms with Crippen molar-refractivity contribution >= 4 is 5.82 Å². The van der Waals surface area contributed by atoms with Gasteiger partial charge in [-0.15, -0.1) is 0 Å². The molecule has 0 fully saturated rings. The Morgan fingerprint density at radius 1 is 1.40 bits per heavy atom. The molecule has 0 saturated carbocycles. The third-order valence-corrected chi connectivity index (χ3v) is 2.67. The maximum Gasteiger partial charge on any atom is 0.389 e. The summed E-state index contributed by atoms with van der Waals surface area (Å²) in [6.07, 6.45) is 0.656. The van der Waals surface area contributed by atoms with Crippen LogP contribution in [0.5, 0.6) is 5.75 Å². The molecule has 0 aliphatic carbocycles. The Morgan fingerprint density at radius 3 is 2.70 bits per heavy atom. The lowest BCUT2D eigenvalue weighted by Crippen LogP contribution is -2.23. The molecule has 1 atom stereocenters. The van der Waals surface area contributed by atoms with Crippen LogP contribution in [0.15, 0.2) is 36.5 Å². The summed E-state index contributed by atoms with van der Waals surface area (Å²) in [7, 11) is 0. The lowest BCUT2D eigenvalue weighted by atomic mass is 10.2. The molecular formula is C13H15N3O4. The number of benzene rings is 1. The van der Waals surface area contributed by atoms with Crippen molar-refractivity contribution in [3.63, 3.8) is 0 Å². The molecule has 1 aromatic carbocycles. The van der Waals surface area contributed by atoms with Gasteiger partial charge < -0.3 is 20.0 Å². The highest BCUT2D eigenvalue weighted by atomic mass is 16.6. The van der Waals surface area contributed by atoms with Gasteiger partial charge in [0, 0.05) is 0 Å². The summed E-state index contributed by atoms with van der Waals surface area (Å²) < 4.78 is 6.74. The van der Waals surface area contributed by atoms with E-state index in [1.54, 1.807) is 0 Å². The minimum Gasteiger partial charge on any atom is -0.491 e. The van der Waals surface area contributed by atoms with E-state index in [4.69, 9.17) is 4.74 Å². The van der Waals surface area contributed by atoms with Crippen LogP contribution >= 0.6 is 0 Å². The van der Waals surface area contributed by atoms with Crippen molar-refractivity contribution in [2.45, 2.75) is 19.6 Å². The van der Waals surface area contributed by atoms with Gasteiger partial charge in [-0.1, -0.05) is 17.7 Å². The van der Waals surface area contributed by atoms with Crippen molar-refractivity contribution < 1.29 is 14.8 Å². The second-order valence-corrected chi connectivity index (χ2v) is 4.43. The van der Waals surface area contributed by atoms with Crippen LogP contribution < -0.4 is 4.74 Å². The van der Waals surface area contributed by atoms with Gasteiger partial charge in [0.05, 0.1) is 23.9 Å². The highest BCUT2D eigenvalue weighted by Crippen LogP contribution is 2.12. The normalized spacial score (nSPS) is 12.1. The lowest BCUT2D eigenvalue weighted by Gasteiger charge is -2.11. The molecule has 2 aromatic rings. The van der Waals surface area contributed by atoms with E-state index in [1.165, 1.54) is 16.9 Å². The molecule has 20 heavy (non-hydrogen) atoms. The van der Waals surface area contributed by atoms with Crippen LogP contribution in [0, 0.1) is 17.0 Å². The van der Waals surface area contributed by atoms with E-state index in [2.05, 4.69) is 5.10 Å². The van der Waals surface area contributed by atoms with Gasteiger partial charge in [-0.05, 0) is 24.0 Å². The molecule has 0 amide bonds. The molecule has 0 spiro atoms. The highest BCUT2D eigenvalue weighted by Gasteiger charge is 2.14. The molecule has 1 aromatic heterocycles. The summed E-state index contributed by atoms with van der Waals surface area (Å²) >= 11 is 0. The number of nitrogens with zero attached hydrogens (tertiary/aromatic N) is 3. The number of aromatic nitrogens is 2. The van der Waals surface area contributed by atoms with Crippen molar-refractivity contribution in [1.29, 1.82) is 0 Å². The molecule has 7 nitrogen and oxygen atoms in total. The van der Waals surface area contributed by atoms with Crippen LogP contribution in [-0.2, 0) is 6.54 Å². The van der Waals surface area contributed by atoms with E-state index in [0.29, 0.717) is 5.75 Å². The maximum atomic E-state index is 10.5. The van der Waals surface area contributed by atoms with Crippen LogP contribution in [-0.4, -0.2) is 32.5 Å². The van der Waals surface area contributed by atoms with Gasteiger partial charge in [-0.2, -0.15) is 4.68 Å². The fourth-order valence-corrected chi connectivity index (χ4v) is 1.65. The largest absolute Gasteiger partial charge is 0.491 e. The molecule has 1 N–H and O–H groups in total. The van der Waals surface area contributed by atoms with E-state index in [-0.39, 0.29) is 19.0 Å². The van der Waals surface area contributed by atoms with E-state index in [0.717, 1.165) is 5.56 Å². The Hall–Kier alpha value is -2.41. The highest BCUT2D eigenvalue weighted by molar-refractivity contribution is 5.26. The summed E-state index contributed by atoms with van der Waals surface area (Å²) in [5.41, 5.74) is 1.13. The molecule has 1 unspecified atom stereocenters. The molecule has 1 heterocycles. The zero-order valence-corrected chi connectivity index (χ0v) is 11.0. The molecule has 0 radical (unpaired) electrons. The van der Waals surface area contributed by atoms with Crippen molar-refractivity contribution in [2.24, 2.45) is 0 Å². The van der Waals surface area contributed by atoms with Gasteiger partial charge in [0.1, 0.15) is 18.5 Å². The summed E-state index contributed by atoms with van der Waals surface area (Å²) in [5.74, 6) is 0.428. The number of aliphatic hydroxyl groups excluding tert-OH is 1. The minimum atomic E-state index is -0.796. The predicted octanol–water partition coefficient (Wildman–Crippen LogP) is 1.54. The van der Waals surface area contributed by atoms with Crippen LogP contribution in [0.25, 0.3) is 0 Å². The molecule has 106 valence electrons. The van der Waals surface area contributed by atoms with Crippen LogP contribution in [0.4, 0.5) is 5.82 Å². The lowest BCUT2D eigenvalue weighted by molar-refractivity contribution is -0.389. The SMILES string of the molecule is Cc1ccc(OCC(O)Cn2ccc([N+](=O)[O-])n2)cc1. The summed E-state index contributed by atoms with van der Waals surface area (Å²) in [6.45, 7) is 2.21. The maximum absolute atomic E-state index is 10.5. The first-order chi connectivity index (χ1) is 9.54. The van der Waals surface area contributed by atoms with Crippen LogP contribution in [0.1, 0.15) is 5.56 Å². The minimum absolute atomic E-state index is 0.0940. The molecule has 7 heteroatoms. The van der Waals surface area contributed by atoms with Crippen LogP contribution in [0.2, 0.25) is 0 Å². The van der Waals surface area contributed by atoms with Crippen LogP contribution in [0.3, 0.4) is 0 Å². The Morgan fingerprint density at radius 2 is 2.10 bits per heavy atom. The number of aliphatic hydroxyl groups is 1. The number of hydrogen-bond donors (Lipinski definition) is 1. The number of ether oxygens (including phenoxy) is 1. The third kappa shape index (κ3) is 3.79. The van der Waals surface area contributed by atoms with Gasteiger partial charge in [0.25, 0.3) is 0 Å². The van der Waals surface area contributed by atoms with Gasteiger partial charge in [0.15, 0.2) is 0 Å². The molecule has 0 bridgehead atoms. The van der Waals surface area contributed by atoms with Crippen molar-refractivity contribution in [2.75, 3.05) is 6.61 Å². The zero-order chi connectivity index (χ0) is 14.5. The van der Waals surface area contributed by atoms with E-state index >= 15 is 0 Å². The van der Waals surface area contributed by atoms with Gasteiger partial charge in [-0.3, -0.25) is 0 Å². The van der Waals surface area contributed by atoms with E-state index < -0.39 is 11.0 Å². The van der Waals surface area contributed by atoms with E-state index in [1.807, 2.05) is 31.2 Å². The summed E-state index contributed by atoms with van der Waals surface area (Å²) in [6, 6.07) is 8.76. The van der Waals surface area contributed by atoms with Gasteiger partial charge in [-0.25, -0.2) is 0 Å². The predicted molar refractivity (Wildman–Crippen MR) is 71.6 cm³/mol. The van der Waals surface area contributed by atoms with Gasteiger partial charge in [0.2, 0.25) is 0 Å². The topological polar surface area (TPSA) is 90.4 Å². The van der Waals surface area contributed by atoms with Crippen molar-refractivity contribution in [1.82, 2.24) is 9.78 Å². The summed E-state index contributed by atoms with van der Waals surface area (Å²) in [4.78, 5) is 9.90. The first-order valence-electron chi connectivity index (χ1n) is 6.10. The Bertz CT molecular complexity index is 580. The monoisotopic (exact) mass is 277 g/mol. The first-order valence-corrected chi connectivity index (χ1v) is 6.10. The number of nitro groups is 1. The molecule has 0 aliphatic rings. The molecular weight excluding hydrogens is 262 g/mol. The fraction of sp³-hybridized carbons (Fsp3) is 0.308. The second-order valence-electron chi connectivity index (χ2n) is 4.43. The average Bonchev–Trinajstić information content (AvgIpc) is 2.87. The average molecular weight is 277 g/mol. The molecule has 2 rings (SSSR count). The smallest absolute Gasteiger partial charge is 0.389 e.